The lowest BCUT2D eigenvalue weighted by atomic mass is 9.94. The summed E-state index contributed by atoms with van der Waals surface area (Å²) in [5.74, 6) is 1.53. The molecule has 0 heterocycles. The number of ether oxygens (including phenoxy) is 3. The van der Waals surface area contributed by atoms with Gasteiger partial charge < -0.3 is 19.5 Å². The molecule has 0 saturated carbocycles. The van der Waals surface area contributed by atoms with Gasteiger partial charge in [-0.05, 0) is 31.6 Å². The van der Waals surface area contributed by atoms with Crippen molar-refractivity contribution < 1.29 is 19.0 Å². The maximum Gasteiger partial charge on any atom is 0.244 e. The number of carbonyl (C=O) groups excluding carboxylic acids is 1. The summed E-state index contributed by atoms with van der Waals surface area (Å²) in [5.41, 5.74) is 1.27. The van der Waals surface area contributed by atoms with Crippen molar-refractivity contribution in [2.24, 2.45) is 0 Å². The Morgan fingerprint density at radius 3 is 2.08 bits per heavy atom. The second-order valence-corrected chi connectivity index (χ2v) is 6.26. The average molecular weight is 355 g/mol. The summed E-state index contributed by atoms with van der Waals surface area (Å²) in [6.07, 6.45) is 3.17. The van der Waals surface area contributed by atoms with Crippen LogP contribution >= 0.6 is 0 Å². The van der Waals surface area contributed by atoms with Crippen LogP contribution in [0.1, 0.15) is 25.0 Å². The summed E-state index contributed by atoms with van der Waals surface area (Å²) in [5, 5.41) is 3.01. The molecular weight excluding hydrogens is 330 g/mol. The molecule has 1 amide bonds. The lowest BCUT2D eigenvalue weighted by Crippen LogP contribution is -2.40. The topological polar surface area (TPSA) is 56.8 Å². The van der Waals surface area contributed by atoms with Crippen LogP contribution in [0.3, 0.4) is 0 Å². The molecule has 0 saturated heterocycles. The number of nitrogens with one attached hydrogen (secondary N) is 1. The van der Waals surface area contributed by atoms with E-state index in [0.29, 0.717) is 17.2 Å². The summed E-state index contributed by atoms with van der Waals surface area (Å²) in [6, 6.07) is 13.3. The molecular formula is C21H25NO4. The summed E-state index contributed by atoms with van der Waals surface area (Å²) >= 11 is 0. The summed E-state index contributed by atoms with van der Waals surface area (Å²) < 4.78 is 15.9. The molecule has 0 bridgehead atoms. The molecule has 0 fully saturated rings. The highest BCUT2D eigenvalue weighted by atomic mass is 16.5. The number of hydrogen-bond donors (Lipinski definition) is 1. The maximum absolute atomic E-state index is 12.4. The first-order chi connectivity index (χ1) is 12.4. The van der Waals surface area contributed by atoms with Gasteiger partial charge in [-0.2, -0.15) is 0 Å². The van der Waals surface area contributed by atoms with Crippen molar-refractivity contribution in [3.05, 3.63) is 59.7 Å². The predicted octanol–water partition coefficient (Wildman–Crippen LogP) is 3.78. The molecule has 0 atom stereocenters. The van der Waals surface area contributed by atoms with E-state index in [2.05, 4.69) is 5.32 Å². The molecule has 1 N–H and O–H groups in total. The lowest BCUT2D eigenvalue weighted by Gasteiger charge is -2.26. The average Bonchev–Trinajstić information content (AvgIpc) is 2.65. The largest absolute Gasteiger partial charge is 0.496 e. The molecule has 2 aromatic rings. The minimum atomic E-state index is -0.482. The number of hydrogen-bond acceptors (Lipinski definition) is 4. The Hall–Kier alpha value is -2.95. The quantitative estimate of drug-likeness (QED) is 0.768. The third-order valence-electron chi connectivity index (χ3n) is 4.08. The Balaban J connectivity index is 2.20. The first-order valence-corrected chi connectivity index (χ1v) is 8.27. The molecule has 2 rings (SSSR count). The van der Waals surface area contributed by atoms with Crippen LogP contribution in [0, 0.1) is 0 Å². The van der Waals surface area contributed by atoms with Crippen molar-refractivity contribution in [2.45, 2.75) is 19.4 Å². The number of rotatable bonds is 7. The van der Waals surface area contributed by atoms with E-state index in [-0.39, 0.29) is 5.91 Å². The van der Waals surface area contributed by atoms with E-state index in [1.165, 1.54) is 6.08 Å². The van der Waals surface area contributed by atoms with Gasteiger partial charge in [-0.3, -0.25) is 4.79 Å². The van der Waals surface area contributed by atoms with Crippen LogP contribution in [0.5, 0.6) is 17.2 Å². The van der Waals surface area contributed by atoms with Gasteiger partial charge in [-0.25, -0.2) is 0 Å². The number of amides is 1. The molecule has 0 unspecified atom stereocenters. The van der Waals surface area contributed by atoms with Crippen LogP contribution in [0.4, 0.5) is 0 Å². The van der Waals surface area contributed by atoms with Gasteiger partial charge in [0.05, 0.1) is 26.9 Å². The molecule has 0 aliphatic heterocycles. The van der Waals surface area contributed by atoms with Crippen LogP contribution in [0.25, 0.3) is 6.08 Å². The SMILES string of the molecule is COc1cc(OC)c(OC)cc1/C=C/C(=O)NC(C)(C)c1ccccc1. The van der Waals surface area contributed by atoms with Crippen molar-refractivity contribution in [3.63, 3.8) is 0 Å². The number of carbonyl (C=O) groups is 1. The molecule has 26 heavy (non-hydrogen) atoms. The zero-order valence-electron chi connectivity index (χ0n) is 15.8. The molecule has 0 aromatic heterocycles. The second-order valence-electron chi connectivity index (χ2n) is 6.26. The lowest BCUT2D eigenvalue weighted by molar-refractivity contribution is -0.118. The van der Waals surface area contributed by atoms with Crippen molar-refractivity contribution >= 4 is 12.0 Å². The van der Waals surface area contributed by atoms with Crippen molar-refractivity contribution in [1.82, 2.24) is 5.32 Å². The second kappa shape index (κ2) is 8.43. The molecule has 5 heteroatoms. The summed E-state index contributed by atoms with van der Waals surface area (Å²) in [6.45, 7) is 3.93. The van der Waals surface area contributed by atoms with Crippen LogP contribution in [-0.4, -0.2) is 27.2 Å². The van der Waals surface area contributed by atoms with Crippen molar-refractivity contribution in [3.8, 4) is 17.2 Å². The predicted molar refractivity (Wildman–Crippen MR) is 103 cm³/mol. The van der Waals surface area contributed by atoms with Gasteiger partial charge in [-0.15, -0.1) is 0 Å². The smallest absolute Gasteiger partial charge is 0.244 e. The normalized spacial score (nSPS) is 11.3. The molecule has 138 valence electrons. The van der Waals surface area contributed by atoms with Gasteiger partial charge in [0.1, 0.15) is 5.75 Å². The van der Waals surface area contributed by atoms with Crippen LogP contribution in [0.15, 0.2) is 48.5 Å². The summed E-state index contributed by atoms with van der Waals surface area (Å²) in [4.78, 5) is 12.4. The standard InChI is InChI=1S/C21H25NO4/c1-21(2,16-9-7-6-8-10-16)22-20(23)12-11-15-13-18(25-4)19(26-5)14-17(15)24-3/h6-14H,1-5H3,(H,22,23)/b12-11+. The highest BCUT2D eigenvalue weighted by Crippen LogP contribution is 2.35. The van der Waals surface area contributed by atoms with E-state index in [1.807, 2.05) is 44.2 Å². The Kier molecular flexibility index (Phi) is 6.28. The highest BCUT2D eigenvalue weighted by Gasteiger charge is 2.21. The monoisotopic (exact) mass is 355 g/mol. The highest BCUT2D eigenvalue weighted by molar-refractivity contribution is 5.92. The van der Waals surface area contributed by atoms with E-state index < -0.39 is 5.54 Å². The third-order valence-corrected chi connectivity index (χ3v) is 4.08. The fraction of sp³-hybridized carbons (Fsp3) is 0.286. The Bertz CT molecular complexity index is 782. The Morgan fingerprint density at radius 1 is 0.923 bits per heavy atom. The molecule has 0 spiro atoms. The fourth-order valence-electron chi connectivity index (χ4n) is 2.63. The van der Waals surface area contributed by atoms with Crippen LogP contribution in [0.2, 0.25) is 0 Å². The van der Waals surface area contributed by atoms with Gasteiger partial charge in [0.25, 0.3) is 0 Å². The minimum Gasteiger partial charge on any atom is -0.496 e. The van der Waals surface area contributed by atoms with E-state index in [4.69, 9.17) is 14.2 Å². The van der Waals surface area contributed by atoms with Crippen LogP contribution in [-0.2, 0) is 10.3 Å². The van der Waals surface area contributed by atoms with E-state index in [9.17, 15) is 4.79 Å². The van der Waals surface area contributed by atoms with Crippen molar-refractivity contribution in [1.29, 1.82) is 0 Å². The van der Waals surface area contributed by atoms with Gasteiger partial charge in [0.15, 0.2) is 11.5 Å². The van der Waals surface area contributed by atoms with Crippen molar-refractivity contribution in [2.75, 3.05) is 21.3 Å². The van der Waals surface area contributed by atoms with E-state index in [0.717, 1.165) is 11.1 Å². The van der Waals surface area contributed by atoms with Gasteiger partial charge in [0.2, 0.25) is 5.91 Å². The fourth-order valence-corrected chi connectivity index (χ4v) is 2.63. The van der Waals surface area contributed by atoms with Gasteiger partial charge in [-0.1, -0.05) is 30.3 Å². The van der Waals surface area contributed by atoms with E-state index in [1.54, 1.807) is 39.5 Å². The molecule has 0 radical (unpaired) electrons. The first-order valence-electron chi connectivity index (χ1n) is 8.27. The third kappa shape index (κ3) is 4.57. The number of benzene rings is 2. The van der Waals surface area contributed by atoms with Gasteiger partial charge in [0, 0.05) is 17.7 Å². The first kappa shape index (κ1) is 19.4. The zero-order chi connectivity index (χ0) is 19.2. The number of methoxy groups -OCH3 is 3. The van der Waals surface area contributed by atoms with Crippen LogP contribution < -0.4 is 19.5 Å². The van der Waals surface area contributed by atoms with Gasteiger partial charge >= 0.3 is 0 Å². The molecule has 0 aliphatic carbocycles. The minimum absolute atomic E-state index is 0.198. The molecule has 2 aromatic carbocycles. The van der Waals surface area contributed by atoms with E-state index >= 15 is 0 Å². The Morgan fingerprint density at radius 2 is 1.50 bits per heavy atom. The molecule has 5 nitrogen and oxygen atoms in total. The maximum atomic E-state index is 12.4. The summed E-state index contributed by atoms with van der Waals surface area (Å²) in [7, 11) is 4.69. The Labute approximate surface area is 154 Å². The zero-order valence-corrected chi connectivity index (χ0v) is 15.8. The molecule has 0 aliphatic rings.